The lowest BCUT2D eigenvalue weighted by Gasteiger charge is -2.43. The maximum absolute atomic E-state index is 12.2. The van der Waals surface area contributed by atoms with Crippen molar-refractivity contribution in [3.8, 4) is 5.75 Å². The van der Waals surface area contributed by atoms with Gasteiger partial charge in [0.1, 0.15) is 5.75 Å². The molecule has 2 heterocycles. The van der Waals surface area contributed by atoms with Crippen LogP contribution >= 0.6 is 0 Å². The predicted molar refractivity (Wildman–Crippen MR) is 104 cm³/mol. The smallest absolute Gasteiger partial charge is 0.161 e. The third kappa shape index (κ3) is 2.90. The van der Waals surface area contributed by atoms with Crippen LogP contribution in [0.1, 0.15) is 29.8 Å². The first-order valence-corrected chi connectivity index (χ1v) is 9.18. The highest BCUT2D eigenvalue weighted by Gasteiger charge is 2.40. The van der Waals surface area contributed by atoms with Crippen LogP contribution in [0, 0.1) is 0 Å². The van der Waals surface area contributed by atoms with Gasteiger partial charge in [0.15, 0.2) is 11.4 Å². The number of ketones is 1. The molecular weight excluding hydrogens is 324 g/mol. The topological polar surface area (TPSA) is 43.3 Å². The zero-order valence-corrected chi connectivity index (χ0v) is 15.3. The van der Waals surface area contributed by atoms with Crippen molar-refractivity contribution in [3.05, 3.63) is 65.9 Å². The molecule has 0 spiro atoms. The number of nitrogens with one attached hydrogen (secondary N) is 1. The van der Waals surface area contributed by atoms with E-state index in [-0.39, 0.29) is 11.4 Å². The summed E-state index contributed by atoms with van der Waals surface area (Å²) in [5, 5.41) is 4.38. The second-order valence-electron chi connectivity index (χ2n) is 7.10. The van der Waals surface area contributed by atoms with Crippen LogP contribution in [0.5, 0.6) is 5.75 Å². The summed E-state index contributed by atoms with van der Waals surface area (Å²) in [5.41, 5.74) is 2.92. The van der Waals surface area contributed by atoms with Gasteiger partial charge >= 0.3 is 0 Å². The third-order valence-electron chi connectivity index (χ3n) is 5.17. The van der Waals surface area contributed by atoms with Gasteiger partial charge in [-0.3, -0.25) is 4.79 Å². The van der Waals surface area contributed by atoms with Gasteiger partial charge in [-0.15, -0.1) is 0 Å². The Balaban J connectivity index is 1.75. The standard InChI is InChI=1S/C22H24N2O2/c1-3-17-8-7-11-19-20(16(2)25)12-24(21(17)19)15-22(13-23-14-22)26-18-9-5-4-6-10-18/h4-12,23H,3,13-15H2,1-2H3. The van der Waals surface area contributed by atoms with Crippen molar-refractivity contribution in [2.75, 3.05) is 13.1 Å². The number of aryl methyl sites for hydroxylation is 1. The molecule has 1 N–H and O–H groups in total. The van der Waals surface area contributed by atoms with Gasteiger partial charge in [-0.25, -0.2) is 0 Å². The molecule has 1 aromatic heterocycles. The van der Waals surface area contributed by atoms with E-state index < -0.39 is 0 Å². The number of Topliss-reactive ketones (excluding diaryl/α,β-unsaturated/α-hetero) is 1. The Morgan fingerprint density at radius 1 is 1.15 bits per heavy atom. The summed E-state index contributed by atoms with van der Waals surface area (Å²) in [6.07, 6.45) is 2.93. The van der Waals surface area contributed by atoms with Crippen LogP contribution in [-0.4, -0.2) is 29.0 Å². The highest BCUT2D eigenvalue weighted by atomic mass is 16.5. The minimum atomic E-state index is -0.289. The van der Waals surface area contributed by atoms with E-state index in [0.29, 0.717) is 0 Å². The number of rotatable bonds is 6. The monoisotopic (exact) mass is 348 g/mol. The van der Waals surface area contributed by atoms with Crippen LogP contribution in [0.25, 0.3) is 10.9 Å². The molecule has 1 aliphatic rings. The quantitative estimate of drug-likeness (QED) is 0.689. The van der Waals surface area contributed by atoms with Crippen molar-refractivity contribution in [1.29, 1.82) is 0 Å². The van der Waals surface area contributed by atoms with Crippen molar-refractivity contribution in [2.24, 2.45) is 0 Å². The van der Waals surface area contributed by atoms with E-state index in [9.17, 15) is 4.79 Å². The number of hydrogen-bond acceptors (Lipinski definition) is 3. The summed E-state index contributed by atoms with van der Waals surface area (Å²) in [5.74, 6) is 0.986. The fraction of sp³-hybridized carbons (Fsp3) is 0.318. The molecule has 2 aromatic carbocycles. The van der Waals surface area contributed by atoms with E-state index in [4.69, 9.17) is 4.74 Å². The van der Waals surface area contributed by atoms with E-state index in [0.717, 1.165) is 48.3 Å². The Morgan fingerprint density at radius 3 is 2.54 bits per heavy atom. The predicted octanol–water partition coefficient (Wildman–Crippen LogP) is 3.83. The lowest BCUT2D eigenvalue weighted by Crippen LogP contribution is -2.65. The molecule has 1 saturated heterocycles. The van der Waals surface area contributed by atoms with Crippen molar-refractivity contribution >= 4 is 16.7 Å². The minimum absolute atomic E-state index is 0.103. The lowest BCUT2D eigenvalue weighted by molar-refractivity contribution is 0.00156. The fourth-order valence-electron chi connectivity index (χ4n) is 3.80. The summed E-state index contributed by atoms with van der Waals surface area (Å²) >= 11 is 0. The largest absolute Gasteiger partial charge is 0.483 e. The molecule has 3 aromatic rings. The second-order valence-corrected chi connectivity index (χ2v) is 7.10. The van der Waals surface area contributed by atoms with Crippen LogP contribution in [-0.2, 0) is 13.0 Å². The molecule has 0 radical (unpaired) electrons. The van der Waals surface area contributed by atoms with Gasteiger partial charge in [0.2, 0.25) is 0 Å². The zero-order valence-electron chi connectivity index (χ0n) is 15.3. The van der Waals surface area contributed by atoms with E-state index >= 15 is 0 Å². The highest BCUT2D eigenvalue weighted by molar-refractivity contribution is 6.07. The maximum Gasteiger partial charge on any atom is 0.161 e. The lowest BCUT2D eigenvalue weighted by atomic mass is 9.96. The van der Waals surface area contributed by atoms with Crippen LogP contribution in [0.15, 0.2) is 54.7 Å². The molecule has 1 aliphatic heterocycles. The molecule has 0 amide bonds. The summed E-state index contributed by atoms with van der Waals surface area (Å²) in [4.78, 5) is 12.2. The molecule has 0 unspecified atom stereocenters. The van der Waals surface area contributed by atoms with Crippen molar-refractivity contribution in [2.45, 2.75) is 32.4 Å². The SMILES string of the molecule is CCc1cccc2c(C(C)=O)cn(CC3(Oc4ccccc4)CNC3)c12. The zero-order chi connectivity index (χ0) is 18.1. The average molecular weight is 348 g/mol. The molecule has 0 saturated carbocycles. The maximum atomic E-state index is 12.2. The van der Waals surface area contributed by atoms with Crippen LogP contribution < -0.4 is 10.1 Å². The molecule has 134 valence electrons. The van der Waals surface area contributed by atoms with Gasteiger partial charge in [0.05, 0.1) is 12.1 Å². The van der Waals surface area contributed by atoms with Gasteiger partial charge in [0, 0.05) is 30.2 Å². The number of ether oxygens (including phenoxy) is 1. The average Bonchev–Trinajstić information content (AvgIpc) is 2.99. The first-order chi connectivity index (χ1) is 12.6. The summed E-state index contributed by atoms with van der Waals surface area (Å²) in [7, 11) is 0. The molecule has 0 bridgehead atoms. The van der Waals surface area contributed by atoms with Gasteiger partial charge in [-0.2, -0.15) is 0 Å². The summed E-state index contributed by atoms with van der Waals surface area (Å²) < 4.78 is 8.58. The van der Waals surface area contributed by atoms with Crippen LogP contribution in [0.3, 0.4) is 0 Å². The molecule has 4 heteroatoms. The Kier molecular flexibility index (Phi) is 4.29. The first kappa shape index (κ1) is 16.9. The van der Waals surface area contributed by atoms with Gasteiger partial charge < -0.3 is 14.6 Å². The summed E-state index contributed by atoms with van der Waals surface area (Å²) in [6, 6.07) is 16.2. The molecule has 0 atom stereocenters. The summed E-state index contributed by atoms with van der Waals surface area (Å²) in [6.45, 7) is 6.10. The number of carbonyl (C=O) groups excluding carboxylic acids is 1. The molecule has 1 fully saturated rings. The van der Waals surface area contributed by atoms with Gasteiger partial charge in [-0.05, 0) is 31.0 Å². The highest BCUT2D eigenvalue weighted by Crippen LogP contribution is 2.30. The van der Waals surface area contributed by atoms with Crippen LogP contribution in [0.2, 0.25) is 0 Å². The number of fused-ring (bicyclic) bond motifs is 1. The fourth-order valence-corrected chi connectivity index (χ4v) is 3.80. The first-order valence-electron chi connectivity index (χ1n) is 9.18. The van der Waals surface area contributed by atoms with E-state index in [1.807, 2.05) is 48.7 Å². The number of hydrogen-bond donors (Lipinski definition) is 1. The van der Waals surface area contributed by atoms with E-state index in [1.165, 1.54) is 5.56 Å². The Bertz CT molecular complexity index is 939. The number of aromatic nitrogens is 1. The van der Waals surface area contributed by atoms with E-state index in [2.05, 4.69) is 22.9 Å². The van der Waals surface area contributed by atoms with Crippen molar-refractivity contribution < 1.29 is 9.53 Å². The number of para-hydroxylation sites is 2. The van der Waals surface area contributed by atoms with Gasteiger partial charge in [-0.1, -0.05) is 43.3 Å². The third-order valence-corrected chi connectivity index (χ3v) is 5.17. The molecule has 4 nitrogen and oxygen atoms in total. The normalized spacial score (nSPS) is 15.6. The Labute approximate surface area is 153 Å². The molecule has 0 aliphatic carbocycles. The number of carbonyl (C=O) groups is 1. The van der Waals surface area contributed by atoms with Gasteiger partial charge in [0.25, 0.3) is 0 Å². The Morgan fingerprint density at radius 2 is 1.92 bits per heavy atom. The second kappa shape index (κ2) is 6.61. The number of nitrogens with zero attached hydrogens (tertiary/aromatic N) is 1. The molecule has 26 heavy (non-hydrogen) atoms. The van der Waals surface area contributed by atoms with E-state index in [1.54, 1.807) is 6.92 Å². The minimum Gasteiger partial charge on any atom is -0.483 e. The van der Waals surface area contributed by atoms with Crippen molar-refractivity contribution in [1.82, 2.24) is 9.88 Å². The van der Waals surface area contributed by atoms with Crippen LogP contribution in [0.4, 0.5) is 0 Å². The molecule has 4 rings (SSSR count). The van der Waals surface area contributed by atoms with Crippen molar-refractivity contribution in [3.63, 3.8) is 0 Å². The number of benzene rings is 2. The Hall–Kier alpha value is -2.59. The molecular formula is C22H24N2O2.